The molecule has 1 aliphatic carbocycles. The van der Waals surface area contributed by atoms with Gasteiger partial charge < -0.3 is 24.1 Å². The molecular weight excluding hydrogens is 497 g/mol. The summed E-state index contributed by atoms with van der Waals surface area (Å²) in [7, 11) is 1.65. The highest BCUT2D eigenvalue weighted by atomic mass is 19.1. The average Bonchev–Trinajstić information content (AvgIpc) is 3.44. The summed E-state index contributed by atoms with van der Waals surface area (Å²) in [5, 5.41) is 14.4. The number of amidine groups is 1. The zero-order valence-electron chi connectivity index (χ0n) is 22.0. The second-order valence-electron chi connectivity index (χ2n) is 9.14. The maximum atomic E-state index is 14.7. The van der Waals surface area contributed by atoms with Crippen LogP contribution in [-0.2, 0) is 15.3 Å². The number of halogens is 3. The lowest BCUT2D eigenvalue weighted by Crippen LogP contribution is -2.52. The smallest absolute Gasteiger partial charge is 0.266 e. The molecule has 1 fully saturated rings. The lowest BCUT2D eigenvalue weighted by Gasteiger charge is -2.39. The van der Waals surface area contributed by atoms with Gasteiger partial charge in [0, 0.05) is 31.3 Å². The number of aliphatic hydroxyl groups excluding tert-OH is 1. The number of aliphatic hydroxyl groups is 1. The number of allylic oxidation sites excluding steroid dienone is 5. The Morgan fingerprint density at radius 2 is 1.95 bits per heavy atom. The number of hydrogen-bond donors (Lipinski definition) is 1. The summed E-state index contributed by atoms with van der Waals surface area (Å²) in [6.07, 6.45) is 12.7. The summed E-state index contributed by atoms with van der Waals surface area (Å²) in [6, 6.07) is 1.15. The molecule has 204 valence electrons. The lowest BCUT2D eigenvalue weighted by atomic mass is 9.92. The molecule has 0 spiro atoms. The van der Waals surface area contributed by atoms with Crippen LogP contribution in [0.3, 0.4) is 0 Å². The third-order valence-corrected chi connectivity index (χ3v) is 6.84. The molecule has 1 saturated heterocycles. The standard InChI is InChI=1S/C26H27F3N4O3.C2H6/c1-16-13-32(15-30-16)22-7-5-17(6-8-23(22)35-2)10-18-4-3-9-33-25(18)31-36-26(33,14-34)24-20(28)11-19(27)12-21(24)29;1-2/h5,7,10-13,15,17,34H,3-4,6,8-9,14H2,1-2H3;1-2H3/b18-10+;. The van der Waals surface area contributed by atoms with Crippen LogP contribution in [-0.4, -0.2) is 45.7 Å². The Bertz CT molecular complexity index is 1280. The predicted molar refractivity (Wildman–Crippen MR) is 138 cm³/mol. The van der Waals surface area contributed by atoms with Crippen molar-refractivity contribution in [3.05, 3.63) is 82.9 Å². The summed E-state index contributed by atoms with van der Waals surface area (Å²) in [6.45, 7) is 5.53. The van der Waals surface area contributed by atoms with Crippen LogP contribution in [0.4, 0.5) is 13.2 Å². The van der Waals surface area contributed by atoms with E-state index in [-0.39, 0.29) is 5.92 Å². The van der Waals surface area contributed by atoms with Gasteiger partial charge in [-0.15, -0.1) is 0 Å². The highest BCUT2D eigenvalue weighted by Gasteiger charge is 2.52. The normalized spacial score (nSPS) is 23.9. The molecule has 2 unspecified atom stereocenters. The number of aryl methyl sites for hydroxylation is 1. The molecule has 5 rings (SSSR count). The van der Waals surface area contributed by atoms with E-state index in [0.717, 1.165) is 29.1 Å². The molecule has 0 bridgehead atoms. The molecule has 0 amide bonds. The quantitative estimate of drug-likeness (QED) is 0.543. The molecule has 1 aromatic carbocycles. The Labute approximate surface area is 220 Å². The van der Waals surface area contributed by atoms with Crippen LogP contribution in [0.15, 0.2) is 59.4 Å². The van der Waals surface area contributed by atoms with Crippen molar-refractivity contribution >= 4 is 11.5 Å². The predicted octanol–water partition coefficient (Wildman–Crippen LogP) is 5.63. The highest BCUT2D eigenvalue weighted by molar-refractivity contribution is 6.00. The van der Waals surface area contributed by atoms with Crippen molar-refractivity contribution in [1.29, 1.82) is 0 Å². The second-order valence-corrected chi connectivity index (χ2v) is 9.14. The van der Waals surface area contributed by atoms with Gasteiger partial charge in [0.2, 0.25) is 0 Å². The van der Waals surface area contributed by atoms with Crippen molar-refractivity contribution < 1.29 is 27.9 Å². The molecule has 3 heterocycles. The minimum absolute atomic E-state index is 0.0401. The largest absolute Gasteiger partial charge is 0.499 e. The van der Waals surface area contributed by atoms with Gasteiger partial charge in [0.15, 0.2) is 5.84 Å². The molecule has 0 radical (unpaired) electrons. The third kappa shape index (κ3) is 4.97. The zero-order chi connectivity index (χ0) is 27.4. The van der Waals surface area contributed by atoms with E-state index in [0.29, 0.717) is 43.8 Å². The first-order valence-corrected chi connectivity index (χ1v) is 12.8. The highest BCUT2D eigenvalue weighted by Crippen LogP contribution is 2.42. The van der Waals surface area contributed by atoms with Gasteiger partial charge in [0.05, 0.1) is 30.4 Å². The molecule has 2 atom stereocenters. The Kier molecular flexibility index (Phi) is 8.30. The van der Waals surface area contributed by atoms with Gasteiger partial charge in [-0.25, -0.2) is 18.2 Å². The number of methoxy groups -OCH3 is 1. The van der Waals surface area contributed by atoms with Crippen LogP contribution < -0.4 is 0 Å². The van der Waals surface area contributed by atoms with Gasteiger partial charge in [-0.1, -0.05) is 31.2 Å². The Balaban J connectivity index is 0.00000164. The molecule has 10 heteroatoms. The van der Waals surface area contributed by atoms with Gasteiger partial charge in [-0.2, -0.15) is 0 Å². The minimum atomic E-state index is -1.90. The molecular formula is C28H33F3N4O3. The third-order valence-electron chi connectivity index (χ3n) is 6.84. The molecule has 2 aliphatic heterocycles. The van der Waals surface area contributed by atoms with Crippen molar-refractivity contribution in [3.8, 4) is 0 Å². The maximum absolute atomic E-state index is 14.7. The van der Waals surface area contributed by atoms with Gasteiger partial charge in [-0.05, 0) is 43.8 Å². The molecule has 1 aromatic heterocycles. The van der Waals surface area contributed by atoms with Crippen LogP contribution in [0.25, 0.3) is 5.70 Å². The van der Waals surface area contributed by atoms with Crippen LogP contribution in [0.1, 0.15) is 50.8 Å². The van der Waals surface area contributed by atoms with Crippen LogP contribution in [0.2, 0.25) is 0 Å². The summed E-state index contributed by atoms with van der Waals surface area (Å²) in [5.41, 5.74) is 0.210. The van der Waals surface area contributed by atoms with Crippen LogP contribution >= 0.6 is 0 Å². The Morgan fingerprint density at radius 1 is 1.21 bits per heavy atom. The zero-order valence-corrected chi connectivity index (χ0v) is 22.0. The molecule has 0 saturated carbocycles. The first-order chi connectivity index (χ1) is 18.4. The molecule has 3 aliphatic rings. The van der Waals surface area contributed by atoms with Gasteiger partial charge in [0.1, 0.15) is 29.8 Å². The minimum Gasteiger partial charge on any atom is -0.499 e. The monoisotopic (exact) mass is 530 g/mol. The lowest BCUT2D eigenvalue weighted by molar-refractivity contribution is -0.141. The van der Waals surface area contributed by atoms with E-state index in [1.165, 1.54) is 0 Å². The summed E-state index contributed by atoms with van der Waals surface area (Å²) in [5.74, 6) is -2.02. The van der Waals surface area contributed by atoms with Crippen LogP contribution in [0, 0.1) is 30.3 Å². The number of ether oxygens (including phenoxy) is 1. The summed E-state index contributed by atoms with van der Waals surface area (Å²) < 4.78 is 50.6. The number of aromatic nitrogens is 2. The fourth-order valence-corrected chi connectivity index (χ4v) is 5.11. The van der Waals surface area contributed by atoms with Crippen molar-refractivity contribution in [2.45, 2.75) is 52.2 Å². The number of imidazole rings is 1. The maximum Gasteiger partial charge on any atom is 0.266 e. The fourth-order valence-electron chi connectivity index (χ4n) is 5.11. The van der Waals surface area contributed by atoms with E-state index in [9.17, 15) is 18.3 Å². The van der Waals surface area contributed by atoms with E-state index in [1.54, 1.807) is 18.3 Å². The number of hydrogen-bond acceptors (Lipinski definition) is 6. The molecule has 2 aromatic rings. The van der Waals surface area contributed by atoms with E-state index in [2.05, 4.69) is 22.3 Å². The Hall–Kier alpha value is -3.53. The van der Waals surface area contributed by atoms with Crippen molar-refractivity contribution in [2.24, 2.45) is 11.1 Å². The fraction of sp³-hybridized carbons (Fsp3) is 0.429. The van der Waals surface area contributed by atoms with Gasteiger partial charge >= 0.3 is 0 Å². The first-order valence-electron chi connectivity index (χ1n) is 12.8. The number of piperidine rings is 1. The average molecular weight is 531 g/mol. The molecule has 1 N–H and O–H groups in total. The number of oxime groups is 1. The van der Waals surface area contributed by atoms with Gasteiger partial charge in [0.25, 0.3) is 5.72 Å². The Morgan fingerprint density at radius 3 is 2.58 bits per heavy atom. The van der Waals surface area contributed by atoms with Gasteiger partial charge in [-0.3, -0.25) is 0 Å². The number of rotatable bonds is 5. The van der Waals surface area contributed by atoms with Crippen molar-refractivity contribution in [2.75, 3.05) is 20.3 Å². The van der Waals surface area contributed by atoms with Crippen LogP contribution in [0.5, 0.6) is 0 Å². The number of benzene rings is 1. The number of fused-ring (bicyclic) bond motifs is 1. The van der Waals surface area contributed by atoms with E-state index in [4.69, 9.17) is 9.57 Å². The molecule has 7 nitrogen and oxygen atoms in total. The first kappa shape index (κ1) is 27.5. The van der Waals surface area contributed by atoms with Crippen molar-refractivity contribution in [3.63, 3.8) is 0 Å². The van der Waals surface area contributed by atoms with E-state index in [1.807, 2.05) is 37.6 Å². The van der Waals surface area contributed by atoms with E-state index < -0.39 is 35.3 Å². The number of nitrogens with zero attached hydrogens (tertiary/aromatic N) is 4. The summed E-state index contributed by atoms with van der Waals surface area (Å²) in [4.78, 5) is 11.4. The van der Waals surface area contributed by atoms with E-state index >= 15 is 0 Å². The van der Waals surface area contributed by atoms with Crippen molar-refractivity contribution in [1.82, 2.24) is 14.5 Å². The topological polar surface area (TPSA) is 72.1 Å². The SMILES string of the molecule is CC.COC1=C(n2cnc(C)c2)C=CC(/C=C2\CCCN3C2=NOC3(CO)c2c(F)cc(F)cc2F)CC1. The molecule has 38 heavy (non-hydrogen) atoms. The second kappa shape index (κ2) is 11.5. The summed E-state index contributed by atoms with van der Waals surface area (Å²) >= 11 is 0.